The first-order valence-electron chi connectivity index (χ1n) is 6.74. The average Bonchev–Trinajstić information content (AvgIpc) is 2.28. The van der Waals surface area contributed by atoms with Gasteiger partial charge in [0.2, 0.25) is 5.91 Å². The van der Waals surface area contributed by atoms with Crippen molar-refractivity contribution in [1.82, 2.24) is 10.6 Å². The molecule has 2 atom stereocenters. The largest absolute Gasteiger partial charge is 0.379 e. The van der Waals surface area contributed by atoms with Gasteiger partial charge in [0, 0.05) is 13.2 Å². The van der Waals surface area contributed by atoms with E-state index in [4.69, 9.17) is 4.74 Å². The van der Waals surface area contributed by atoms with Gasteiger partial charge >= 0.3 is 0 Å². The number of rotatable bonds is 6. The van der Waals surface area contributed by atoms with E-state index < -0.39 is 0 Å². The van der Waals surface area contributed by atoms with Crippen molar-refractivity contribution in [2.45, 2.75) is 52.2 Å². The van der Waals surface area contributed by atoms with E-state index in [1.807, 2.05) is 13.8 Å². The monoisotopic (exact) mass is 242 g/mol. The summed E-state index contributed by atoms with van der Waals surface area (Å²) in [5.41, 5.74) is 0. The van der Waals surface area contributed by atoms with Gasteiger partial charge in [0.25, 0.3) is 0 Å². The molecule has 0 aliphatic carbocycles. The van der Waals surface area contributed by atoms with Crippen LogP contribution in [0.3, 0.4) is 0 Å². The predicted octanol–water partition coefficient (Wildman–Crippen LogP) is 1.31. The number of carbonyl (C=O) groups excluding carboxylic acids is 1. The number of piperidine rings is 1. The predicted molar refractivity (Wildman–Crippen MR) is 68.9 cm³/mol. The van der Waals surface area contributed by atoms with Gasteiger partial charge in [-0.1, -0.05) is 6.92 Å². The summed E-state index contributed by atoms with van der Waals surface area (Å²) in [7, 11) is 0. The van der Waals surface area contributed by atoms with E-state index in [0.717, 1.165) is 19.4 Å². The quantitative estimate of drug-likeness (QED) is 0.690. The molecule has 0 aromatic carbocycles. The van der Waals surface area contributed by atoms with Crippen molar-refractivity contribution < 1.29 is 9.53 Å². The second-order valence-corrected chi connectivity index (χ2v) is 5.12. The van der Waals surface area contributed by atoms with E-state index in [0.29, 0.717) is 19.1 Å². The zero-order valence-electron chi connectivity index (χ0n) is 11.3. The molecule has 0 bridgehead atoms. The van der Waals surface area contributed by atoms with Crippen LogP contribution in [0.25, 0.3) is 0 Å². The zero-order chi connectivity index (χ0) is 12.7. The van der Waals surface area contributed by atoms with E-state index in [1.165, 1.54) is 6.42 Å². The summed E-state index contributed by atoms with van der Waals surface area (Å²) in [5.74, 6) is 0.581. The standard InChI is InChI=1S/C13H26N2O2/c1-10(2)17-9-5-8-15-13(16)12-11(3)6-4-7-14-12/h10-12,14H,4-9H2,1-3H3,(H,15,16). The van der Waals surface area contributed by atoms with Gasteiger partial charge in [-0.05, 0) is 45.6 Å². The van der Waals surface area contributed by atoms with Gasteiger partial charge in [-0.15, -0.1) is 0 Å². The lowest BCUT2D eigenvalue weighted by Crippen LogP contribution is -2.51. The lowest BCUT2D eigenvalue weighted by atomic mass is 9.92. The summed E-state index contributed by atoms with van der Waals surface area (Å²) in [6.45, 7) is 8.55. The maximum absolute atomic E-state index is 11.9. The summed E-state index contributed by atoms with van der Waals surface area (Å²) < 4.78 is 5.42. The number of carbonyl (C=O) groups is 1. The molecule has 4 heteroatoms. The van der Waals surface area contributed by atoms with Crippen LogP contribution in [0.5, 0.6) is 0 Å². The van der Waals surface area contributed by atoms with Gasteiger partial charge in [-0.25, -0.2) is 0 Å². The molecule has 0 aromatic heterocycles. The highest BCUT2D eigenvalue weighted by Crippen LogP contribution is 2.15. The van der Waals surface area contributed by atoms with Crippen molar-refractivity contribution >= 4 is 5.91 Å². The summed E-state index contributed by atoms with van der Waals surface area (Å²) in [6, 6.07) is -0.00485. The first kappa shape index (κ1) is 14.5. The van der Waals surface area contributed by atoms with Crippen LogP contribution in [0.1, 0.15) is 40.0 Å². The molecule has 2 unspecified atom stereocenters. The average molecular weight is 242 g/mol. The molecule has 0 saturated carbocycles. The molecule has 1 aliphatic rings. The SMILES string of the molecule is CC(C)OCCCNC(=O)C1NCCCC1C. The van der Waals surface area contributed by atoms with Gasteiger partial charge in [0.15, 0.2) is 0 Å². The van der Waals surface area contributed by atoms with Crippen LogP contribution in [-0.2, 0) is 9.53 Å². The highest BCUT2D eigenvalue weighted by atomic mass is 16.5. The Kier molecular flexibility index (Phi) is 6.52. The molecule has 1 fully saturated rings. The van der Waals surface area contributed by atoms with Crippen LogP contribution >= 0.6 is 0 Å². The van der Waals surface area contributed by atoms with Gasteiger partial charge in [-0.3, -0.25) is 4.79 Å². The summed E-state index contributed by atoms with van der Waals surface area (Å²) >= 11 is 0. The third-order valence-corrected chi connectivity index (χ3v) is 3.12. The van der Waals surface area contributed by atoms with E-state index in [2.05, 4.69) is 17.6 Å². The highest BCUT2D eigenvalue weighted by molar-refractivity contribution is 5.82. The molecule has 1 saturated heterocycles. The van der Waals surface area contributed by atoms with Gasteiger partial charge < -0.3 is 15.4 Å². The van der Waals surface area contributed by atoms with Crippen molar-refractivity contribution in [1.29, 1.82) is 0 Å². The van der Waals surface area contributed by atoms with E-state index in [-0.39, 0.29) is 18.1 Å². The van der Waals surface area contributed by atoms with E-state index in [1.54, 1.807) is 0 Å². The Morgan fingerprint density at radius 3 is 2.94 bits per heavy atom. The molecule has 2 N–H and O–H groups in total. The highest BCUT2D eigenvalue weighted by Gasteiger charge is 2.26. The minimum atomic E-state index is -0.00485. The molecule has 17 heavy (non-hydrogen) atoms. The minimum absolute atomic E-state index is 0.00485. The Balaban J connectivity index is 2.11. The second-order valence-electron chi connectivity index (χ2n) is 5.12. The van der Waals surface area contributed by atoms with Gasteiger partial charge in [0.05, 0.1) is 12.1 Å². The van der Waals surface area contributed by atoms with E-state index >= 15 is 0 Å². The summed E-state index contributed by atoms with van der Waals surface area (Å²) in [4.78, 5) is 11.9. The topological polar surface area (TPSA) is 50.4 Å². The molecule has 100 valence electrons. The normalized spacial score (nSPS) is 24.9. The Morgan fingerprint density at radius 2 is 2.29 bits per heavy atom. The Hall–Kier alpha value is -0.610. The first-order valence-corrected chi connectivity index (χ1v) is 6.74. The number of amides is 1. The molecule has 1 amide bonds. The van der Waals surface area contributed by atoms with Crippen LogP contribution in [0.15, 0.2) is 0 Å². The molecule has 0 spiro atoms. The van der Waals surface area contributed by atoms with Crippen molar-refractivity contribution in [3.05, 3.63) is 0 Å². The minimum Gasteiger partial charge on any atom is -0.379 e. The Labute approximate surface area is 104 Å². The molecule has 4 nitrogen and oxygen atoms in total. The van der Waals surface area contributed by atoms with Gasteiger partial charge in [-0.2, -0.15) is 0 Å². The molecular weight excluding hydrogens is 216 g/mol. The second kappa shape index (κ2) is 7.67. The number of ether oxygens (including phenoxy) is 1. The Morgan fingerprint density at radius 1 is 1.53 bits per heavy atom. The Bertz CT molecular complexity index is 231. The molecule has 1 aliphatic heterocycles. The first-order chi connectivity index (χ1) is 8.11. The molecule has 0 radical (unpaired) electrons. The van der Waals surface area contributed by atoms with Crippen LogP contribution in [0, 0.1) is 5.92 Å². The fourth-order valence-electron chi connectivity index (χ4n) is 2.11. The maximum Gasteiger partial charge on any atom is 0.237 e. The zero-order valence-corrected chi connectivity index (χ0v) is 11.3. The third-order valence-electron chi connectivity index (χ3n) is 3.12. The van der Waals surface area contributed by atoms with E-state index in [9.17, 15) is 4.79 Å². The summed E-state index contributed by atoms with van der Waals surface area (Å²) in [5, 5.41) is 6.26. The van der Waals surface area contributed by atoms with Gasteiger partial charge in [0.1, 0.15) is 0 Å². The summed E-state index contributed by atoms with van der Waals surface area (Å²) in [6.07, 6.45) is 3.46. The molecular formula is C13H26N2O2. The third kappa shape index (κ3) is 5.50. The number of hydrogen-bond donors (Lipinski definition) is 2. The van der Waals surface area contributed by atoms with Crippen molar-refractivity contribution in [3.63, 3.8) is 0 Å². The van der Waals surface area contributed by atoms with Crippen LogP contribution in [0.2, 0.25) is 0 Å². The van der Waals surface area contributed by atoms with Crippen molar-refractivity contribution in [2.24, 2.45) is 5.92 Å². The van der Waals surface area contributed by atoms with Crippen LogP contribution in [-0.4, -0.2) is 37.7 Å². The maximum atomic E-state index is 11.9. The van der Waals surface area contributed by atoms with Crippen LogP contribution in [0.4, 0.5) is 0 Å². The lowest BCUT2D eigenvalue weighted by molar-refractivity contribution is -0.124. The van der Waals surface area contributed by atoms with Crippen LogP contribution < -0.4 is 10.6 Å². The molecule has 1 heterocycles. The van der Waals surface area contributed by atoms with Crippen molar-refractivity contribution in [2.75, 3.05) is 19.7 Å². The molecule has 0 aromatic rings. The fourth-order valence-corrected chi connectivity index (χ4v) is 2.11. The number of hydrogen-bond acceptors (Lipinski definition) is 3. The number of nitrogens with one attached hydrogen (secondary N) is 2. The fraction of sp³-hybridized carbons (Fsp3) is 0.923. The van der Waals surface area contributed by atoms with Crippen molar-refractivity contribution in [3.8, 4) is 0 Å². The smallest absolute Gasteiger partial charge is 0.237 e. The lowest BCUT2D eigenvalue weighted by Gasteiger charge is -2.28. The molecule has 1 rings (SSSR count).